The minimum absolute atomic E-state index is 0.0202. The zero-order valence-corrected chi connectivity index (χ0v) is 50.4. The summed E-state index contributed by atoms with van der Waals surface area (Å²) >= 11 is 19.2. The molecule has 0 spiro atoms. The third-order valence-electron chi connectivity index (χ3n) is 15.3. The molecule has 5 heterocycles. The van der Waals surface area contributed by atoms with Crippen molar-refractivity contribution in [3.8, 4) is 0 Å². The standard InChI is InChI=1S/C70H50ClN5O5S5/c71-63-57(73-68(86-63)74-69(47-29-13-3-14-30-47,48-31-15-4-16-32-48)49-33-17-5-18-34-49)58(75-81-70(50-35-19-6-20-36-50,51-37-21-7-22-38-51)52-39-23-8-24-40-52)64(78)72-59-65(79)76-60(53(44-84-66(59)76)56-43-54(77)62-55(85-56)41-42-83-62)67(82)80-61(45-25-9-1-10-26-45)46-27-11-2-12-28-46/h1-43,59,61,66H,44H2,(H,72,78)(H,73,74)/t59?,66-/m1/s1. The van der Waals surface area contributed by atoms with Gasteiger partial charge in [-0.1, -0.05) is 271 Å². The summed E-state index contributed by atoms with van der Waals surface area (Å²) in [7, 11) is 0. The number of thiophene rings is 1. The van der Waals surface area contributed by atoms with E-state index >= 15 is 9.59 Å². The Kier molecular flexibility index (Phi) is 16.2. The number of aromatic nitrogens is 1. The number of fused-ring (bicyclic) bond motifs is 2. The first kappa shape index (κ1) is 56.3. The maximum absolute atomic E-state index is 15.8. The third kappa shape index (κ3) is 10.6. The Labute approximate surface area is 523 Å². The van der Waals surface area contributed by atoms with Crippen molar-refractivity contribution in [1.82, 2.24) is 15.2 Å². The van der Waals surface area contributed by atoms with E-state index in [9.17, 15) is 4.79 Å². The van der Waals surface area contributed by atoms with Gasteiger partial charge in [0.15, 0.2) is 16.3 Å². The van der Waals surface area contributed by atoms with Gasteiger partial charge in [-0.3, -0.25) is 19.3 Å². The molecule has 1 saturated heterocycles. The Hall–Kier alpha value is -8.80. The summed E-state index contributed by atoms with van der Waals surface area (Å²) < 4.78 is 8.50. The number of carbonyl (C=O) groups excluding carboxylic acids is 2. The van der Waals surface area contributed by atoms with E-state index in [1.165, 1.54) is 34.4 Å². The number of hydrogen-bond donors (Lipinski definition) is 2. The lowest BCUT2D eigenvalue weighted by atomic mass is 9.77. The number of nitrogens with one attached hydrogen (secondary N) is 2. The Morgan fingerprint density at radius 3 is 1.59 bits per heavy atom. The number of amides is 2. The SMILES string of the molecule is O=C(NC1C(=O)N2C(C(=S)OC(c3ccccc3)c3ccccc3)=C(c3cc(=O)c4sccc4s3)CS[C@H]12)C(=NOC(c1ccccc1)(c1ccccc1)c1ccccc1)c1nc(NC(c2ccccc2)(c2ccccc2)c2ccccc2)sc1Cl. The second-order valence-electron chi connectivity index (χ2n) is 20.3. The summed E-state index contributed by atoms with van der Waals surface area (Å²) in [5.74, 6) is -0.898. The number of halogens is 1. The zero-order chi connectivity index (χ0) is 58.6. The number of anilines is 1. The average Bonchev–Trinajstić information content (AvgIpc) is 0.920. The summed E-state index contributed by atoms with van der Waals surface area (Å²) in [4.78, 5) is 59.3. The molecule has 2 aliphatic heterocycles. The third-order valence-corrected chi connectivity index (χ3v) is 20.2. The molecule has 13 rings (SSSR count). The summed E-state index contributed by atoms with van der Waals surface area (Å²) in [5.41, 5.74) is 4.87. The normalized spacial score (nSPS) is 15.2. The van der Waals surface area contributed by atoms with Crippen LogP contribution >= 0.6 is 69.6 Å². The number of benzene rings is 8. The molecule has 422 valence electrons. The molecule has 10 nitrogen and oxygen atoms in total. The second-order valence-corrected chi connectivity index (χ2v) is 25.4. The smallest absolute Gasteiger partial charge is 0.276 e. The van der Waals surface area contributed by atoms with Gasteiger partial charge < -0.3 is 20.2 Å². The Balaban J connectivity index is 0.920. The Bertz CT molecular complexity index is 4130. The van der Waals surface area contributed by atoms with Gasteiger partial charge in [-0.25, -0.2) is 4.98 Å². The lowest BCUT2D eigenvalue weighted by Crippen LogP contribution is -2.71. The Morgan fingerprint density at radius 2 is 1.10 bits per heavy atom. The van der Waals surface area contributed by atoms with Crippen molar-refractivity contribution in [3.63, 3.8) is 0 Å². The van der Waals surface area contributed by atoms with E-state index in [0.29, 0.717) is 31.7 Å². The molecule has 0 saturated carbocycles. The van der Waals surface area contributed by atoms with Crippen LogP contribution in [0.3, 0.4) is 0 Å². The molecular formula is C70H50ClN5O5S5. The van der Waals surface area contributed by atoms with Gasteiger partial charge in [0.2, 0.25) is 10.7 Å². The number of thiazole rings is 1. The quantitative estimate of drug-likeness (QED) is 0.0284. The number of rotatable bonds is 18. The number of nitrogens with zero attached hydrogens (tertiary/aromatic N) is 3. The van der Waals surface area contributed by atoms with Gasteiger partial charge in [-0.05, 0) is 51.5 Å². The number of oxime groups is 1. The minimum atomic E-state index is -1.43. The van der Waals surface area contributed by atoms with E-state index in [0.717, 1.165) is 60.5 Å². The lowest BCUT2D eigenvalue weighted by molar-refractivity contribution is -0.144. The fourth-order valence-corrected chi connectivity index (χ4v) is 16.2. The second kappa shape index (κ2) is 24.7. The van der Waals surface area contributed by atoms with Crippen LogP contribution in [0.15, 0.2) is 276 Å². The van der Waals surface area contributed by atoms with Gasteiger partial charge in [0.25, 0.3) is 11.8 Å². The van der Waals surface area contributed by atoms with Crippen molar-refractivity contribution in [1.29, 1.82) is 0 Å². The molecule has 0 bridgehead atoms. The van der Waals surface area contributed by atoms with E-state index < -0.39 is 40.5 Å². The number of thiocarbonyl (C=S) groups is 1. The molecule has 2 aliphatic rings. The fraction of sp³-hybridized carbons (Fsp3) is 0.0857. The highest BCUT2D eigenvalue weighted by molar-refractivity contribution is 8.00. The summed E-state index contributed by atoms with van der Waals surface area (Å²) in [6.07, 6.45) is -0.648. The maximum atomic E-state index is 15.8. The van der Waals surface area contributed by atoms with Crippen LogP contribution in [0.2, 0.25) is 4.34 Å². The number of carbonyl (C=O) groups is 2. The van der Waals surface area contributed by atoms with Crippen LogP contribution in [0.25, 0.3) is 15.0 Å². The predicted molar refractivity (Wildman–Crippen MR) is 353 cm³/mol. The van der Waals surface area contributed by atoms with Crippen molar-refractivity contribution < 1.29 is 19.2 Å². The van der Waals surface area contributed by atoms with E-state index in [1.54, 1.807) is 11.0 Å². The van der Waals surface area contributed by atoms with Gasteiger partial charge in [0.05, 0.1) is 4.70 Å². The Morgan fingerprint density at radius 1 is 0.640 bits per heavy atom. The number of thioether (sulfide) groups is 1. The lowest BCUT2D eigenvalue weighted by Gasteiger charge is -2.50. The molecular weight excluding hydrogens is 1190 g/mol. The van der Waals surface area contributed by atoms with Gasteiger partial charge >= 0.3 is 0 Å². The highest BCUT2D eigenvalue weighted by atomic mass is 35.5. The predicted octanol–water partition coefficient (Wildman–Crippen LogP) is 15.5. The monoisotopic (exact) mass is 1240 g/mol. The average molecular weight is 1240 g/mol. The van der Waals surface area contributed by atoms with Crippen molar-refractivity contribution in [2.45, 2.75) is 28.7 Å². The fourth-order valence-electron chi connectivity index (χ4n) is 11.2. The van der Waals surface area contributed by atoms with Crippen LogP contribution in [0.1, 0.15) is 61.2 Å². The molecule has 2 N–H and O–H groups in total. The topological polar surface area (TPSA) is 122 Å². The first-order chi connectivity index (χ1) is 42.2. The largest absolute Gasteiger partial charge is 0.469 e. The van der Waals surface area contributed by atoms with Crippen LogP contribution in [-0.2, 0) is 30.3 Å². The van der Waals surface area contributed by atoms with E-state index in [4.69, 9.17) is 43.5 Å². The number of hydrogen-bond acceptors (Lipinski definition) is 13. The molecule has 2 amide bonds. The van der Waals surface area contributed by atoms with Gasteiger partial charge in [0, 0.05) is 43.7 Å². The number of β-lactam (4-membered cyclic amide) rings is 1. The first-order valence-corrected chi connectivity index (χ1v) is 31.9. The van der Waals surface area contributed by atoms with Crippen molar-refractivity contribution in [2.24, 2.45) is 5.16 Å². The molecule has 3 aromatic heterocycles. The van der Waals surface area contributed by atoms with Gasteiger partial charge in [0.1, 0.15) is 38.8 Å². The zero-order valence-electron chi connectivity index (χ0n) is 45.6. The molecule has 0 aliphatic carbocycles. The van der Waals surface area contributed by atoms with E-state index in [1.807, 2.05) is 218 Å². The highest BCUT2D eigenvalue weighted by Crippen LogP contribution is 2.48. The van der Waals surface area contributed by atoms with Crippen LogP contribution in [0, 0.1) is 0 Å². The van der Waals surface area contributed by atoms with Crippen LogP contribution < -0.4 is 16.1 Å². The molecule has 86 heavy (non-hydrogen) atoms. The summed E-state index contributed by atoms with van der Waals surface area (Å²) in [6.45, 7) is 0. The molecule has 2 atom stereocenters. The minimum Gasteiger partial charge on any atom is -0.469 e. The van der Waals surface area contributed by atoms with Gasteiger partial charge in [-0.15, -0.1) is 34.4 Å². The molecule has 11 aromatic rings. The maximum Gasteiger partial charge on any atom is 0.276 e. The van der Waals surface area contributed by atoms with Crippen LogP contribution in [0.5, 0.6) is 0 Å². The highest BCUT2D eigenvalue weighted by Gasteiger charge is 2.55. The molecule has 16 heteroatoms. The summed E-state index contributed by atoms with van der Waals surface area (Å²) in [5, 5.41) is 13.5. The van der Waals surface area contributed by atoms with Crippen molar-refractivity contribution in [2.75, 3.05) is 11.1 Å². The van der Waals surface area contributed by atoms with Gasteiger partial charge in [-0.2, -0.15) is 0 Å². The van der Waals surface area contributed by atoms with Crippen molar-refractivity contribution in [3.05, 3.63) is 336 Å². The van der Waals surface area contributed by atoms with Crippen molar-refractivity contribution >= 4 is 112 Å². The molecule has 1 fully saturated rings. The molecule has 8 aromatic carbocycles. The van der Waals surface area contributed by atoms with Crippen LogP contribution in [-0.4, -0.2) is 49.6 Å². The summed E-state index contributed by atoms with van der Waals surface area (Å²) in [6, 6.07) is 81.3. The van der Waals surface area contributed by atoms with E-state index in [-0.39, 0.29) is 26.2 Å². The molecule has 0 radical (unpaired) electrons. The van der Waals surface area contributed by atoms with Crippen LogP contribution in [0.4, 0.5) is 5.13 Å². The number of ether oxygens (including phenoxy) is 1. The first-order valence-electron chi connectivity index (χ1n) is 27.6. The molecule has 1 unspecified atom stereocenters. The van der Waals surface area contributed by atoms with E-state index in [2.05, 4.69) is 47.0 Å².